The van der Waals surface area contributed by atoms with Crippen molar-refractivity contribution in [3.63, 3.8) is 0 Å². The molecule has 110 valence electrons. The molecule has 0 bridgehead atoms. The molecular formula is C15H17N3O2S. The molecule has 1 unspecified atom stereocenters. The number of nitrogens with two attached hydrogens (primary N) is 1. The monoisotopic (exact) mass is 303 g/mol. The highest BCUT2D eigenvalue weighted by atomic mass is 32.1. The summed E-state index contributed by atoms with van der Waals surface area (Å²) >= 11 is 5.06. The molecule has 1 aromatic carbocycles. The molecule has 0 saturated heterocycles. The smallest absolute Gasteiger partial charge is 0.328 e. The molecule has 1 atom stereocenters. The van der Waals surface area contributed by atoms with E-state index in [0.29, 0.717) is 17.9 Å². The van der Waals surface area contributed by atoms with E-state index < -0.39 is 6.04 Å². The summed E-state index contributed by atoms with van der Waals surface area (Å²) in [5.74, 6) is -0.327. The lowest BCUT2D eigenvalue weighted by molar-refractivity contribution is -0.143. The van der Waals surface area contributed by atoms with Crippen LogP contribution in [0.2, 0.25) is 0 Å². The second kappa shape index (κ2) is 6.49. The van der Waals surface area contributed by atoms with Crippen molar-refractivity contribution in [2.75, 3.05) is 11.9 Å². The largest absolute Gasteiger partial charge is 0.464 e. The summed E-state index contributed by atoms with van der Waals surface area (Å²) < 4.78 is 5.01. The molecule has 21 heavy (non-hydrogen) atoms. The van der Waals surface area contributed by atoms with Crippen molar-refractivity contribution in [3.05, 3.63) is 36.0 Å². The maximum Gasteiger partial charge on any atom is 0.328 e. The zero-order valence-corrected chi connectivity index (χ0v) is 12.7. The Morgan fingerprint density at radius 1 is 1.48 bits per heavy atom. The minimum absolute atomic E-state index is 0.229. The second-order valence-corrected chi connectivity index (χ2v) is 4.99. The molecule has 1 heterocycles. The molecule has 1 aromatic heterocycles. The molecule has 0 aliphatic rings. The van der Waals surface area contributed by atoms with E-state index in [9.17, 15) is 4.79 Å². The number of nitrogens with one attached hydrogen (secondary N) is 1. The van der Waals surface area contributed by atoms with Crippen molar-refractivity contribution in [2.45, 2.75) is 19.9 Å². The SMILES string of the molecule is CCOC(=O)C(C)Nc1c(C(N)=S)cnc2ccccc12. The molecule has 2 rings (SSSR count). The maximum atomic E-state index is 11.8. The zero-order valence-electron chi connectivity index (χ0n) is 11.9. The third kappa shape index (κ3) is 3.28. The Bertz CT molecular complexity index is 688. The fourth-order valence-electron chi connectivity index (χ4n) is 2.03. The lowest BCUT2D eigenvalue weighted by Gasteiger charge is -2.18. The molecule has 0 radical (unpaired) electrons. The fourth-order valence-corrected chi connectivity index (χ4v) is 2.18. The third-order valence-corrected chi connectivity index (χ3v) is 3.26. The number of hydrogen-bond donors (Lipinski definition) is 2. The number of carbonyl (C=O) groups is 1. The Balaban J connectivity index is 2.47. The Labute approximate surface area is 128 Å². The number of aromatic nitrogens is 1. The number of esters is 1. The van der Waals surface area contributed by atoms with E-state index in [2.05, 4.69) is 10.3 Å². The van der Waals surface area contributed by atoms with Crippen LogP contribution in [-0.4, -0.2) is 28.6 Å². The summed E-state index contributed by atoms with van der Waals surface area (Å²) in [6, 6.07) is 7.08. The van der Waals surface area contributed by atoms with Gasteiger partial charge in [-0.05, 0) is 19.9 Å². The van der Waals surface area contributed by atoms with Crippen LogP contribution in [0.5, 0.6) is 0 Å². The van der Waals surface area contributed by atoms with Gasteiger partial charge in [-0.25, -0.2) is 4.79 Å². The van der Waals surface area contributed by atoms with Gasteiger partial charge in [-0.3, -0.25) is 4.98 Å². The number of pyridine rings is 1. The highest BCUT2D eigenvalue weighted by Crippen LogP contribution is 2.26. The van der Waals surface area contributed by atoms with E-state index in [4.69, 9.17) is 22.7 Å². The van der Waals surface area contributed by atoms with Crippen molar-refractivity contribution in [2.24, 2.45) is 5.73 Å². The molecule has 0 fully saturated rings. The third-order valence-electron chi connectivity index (χ3n) is 3.04. The first-order chi connectivity index (χ1) is 10.0. The highest BCUT2D eigenvalue weighted by Gasteiger charge is 2.18. The van der Waals surface area contributed by atoms with Crippen LogP contribution in [0.15, 0.2) is 30.5 Å². The van der Waals surface area contributed by atoms with E-state index in [1.165, 1.54) is 0 Å². The predicted octanol–water partition coefficient (Wildman–Crippen LogP) is 2.23. The van der Waals surface area contributed by atoms with Crippen LogP contribution in [-0.2, 0) is 9.53 Å². The number of anilines is 1. The van der Waals surface area contributed by atoms with Gasteiger partial charge in [-0.15, -0.1) is 0 Å². The Hall–Kier alpha value is -2.21. The molecule has 3 N–H and O–H groups in total. The molecule has 0 spiro atoms. The predicted molar refractivity (Wildman–Crippen MR) is 87.3 cm³/mol. The molecule has 0 saturated carbocycles. The van der Waals surface area contributed by atoms with Gasteiger partial charge in [0, 0.05) is 11.6 Å². The normalized spacial score (nSPS) is 11.9. The first kappa shape index (κ1) is 15.2. The number of hydrogen-bond acceptors (Lipinski definition) is 5. The second-order valence-electron chi connectivity index (χ2n) is 4.55. The average molecular weight is 303 g/mol. The molecule has 6 heteroatoms. The van der Waals surface area contributed by atoms with Crippen LogP contribution in [0.1, 0.15) is 19.4 Å². The molecule has 0 aliphatic carbocycles. The van der Waals surface area contributed by atoms with Gasteiger partial charge < -0.3 is 15.8 Å². The van der Waals surface area contributed by atoms with E-state index in [0.717, 1.165) is 10.9 Å². The van der Waals surface area contributed by atoms with Crippen molar-refractivity contribution >= 4 is 39.8 Å². The number of carbonyl (C=O) groups excluding carboxylic acids is 1. The van der Waals surface area contributed by atoms with Gasteiger partial charge in [0.05, 0.1) is 23.4 Å². The van der Waals surface area contributed by atoms with Gasteiger partial charge in [-0.2, -0.15) is 0 Å². The van der Waals surface area contributed by atoms with Gasteiger partial charge >= 0.3 is 5.97 Å². The van der Waals surface area contributed by atoms with Crippen LogP contribution in [0.25, 0.3) is 10.9 Å². The maximum absolute atomic E-state index is 11.8. The highest BCUT2D eigenvalue weighted by molar-refractivity contribution is 7.80. The minimum Gasteiger partial charge on any atom is -0.464 e. The van der Waals surface area contributed by atoms with Crippen LogP contribution in [0, 0.1) is 0 Å². The minimum atomic E-state index is -0.510. The molecule has 2 aromatic rings. The zero-order chi connectivity index (χ0) is 15.4. The lowest BCUT2D eigenvalue weighted by Crippen LogP contribution is -2.29. The first-order valence-electron chi connectivity index (χ1n) is 6.65. The van der Waals surface area contributed by atoms with Crippen LogP contribution in [0.3, 0.4) is 0 Å². The quantitative estimate of drug-likeness (QED) is 0.651. The number of rotatable bonds is 5. The van der Waals surface area contributed by atoms with Gasteiger partial charge in [0.1, 0.15) is 11.0 Å². The first-order valence-corrected chi connectivity index (χ1v) is 7.06. The van der Waals surface area contributed by atoms with Crippen LogP contribution in [0.4, 0.5) is 5.69 Å². The Morgan fingerprint density at radius 2 is 2.19 bits per heavy atom. The van der Waals surface area contributed by atoms with E-state index >= 15 is 0 Å². The number of ether oxygens (including phenoxy) is 1. The fraction of sp³-hybridized carbons (Fsp3) is 0.267. The van der Waals surface area contributed by atoms with E-state index in [1.807, 2.05) is 24.3 Å². The Kier molecular flexibility index (Phi) is 4.70. The topological polar surface area (TPSA) is 77.2 Å². The summed E-state index contributed by atoms with van der Waals surface area (Å²) in [6.07, 6.45) is 1.62. The van der Waals surface area contributed by atoms with Gasteiger partial charge in [0.15, 0.2) is 0 Å². The Morgan fingerprint density at radius 3 is 2.86 bits per heavy atom. The number of nitrogens with zero attached hydrogens (tertiary/aromatic N) is 1. The average Bonchev–Trinajstić information content (AvgIpc) is 2.47. The molecule has 0 amide bonds. The standard InChI is InChI=1S/C15H17N3O2S/c1-3-20-15(19)9(2)18-13-10-6-4-5-7-12(10)17-8-11(13)14(16)21/h4-9H,3H2,1-2H3,(H2,16,21)(H,17,18). The summed E-state index contributed by atoms with van der Waals surface area (Å²) in [6.45, 7) is 3.84. The number of fused-ring (bicyclic) bond motifs is 1. The van der Waals surface area contributed by atoms with Gasteiger partial charge in [-0.1, -0.05) is 30.4 Å². The van der Waals surface area contributed by atoms with Crippen LogP contribution < -0.4 is 11.1 Å². The van der Waals surface area contributed by atoms with E-state index in [1.54, 1.807) is 20.0 Å². The van der Waals surface area contributed by atoms with Crippen molar-refractivity contribution < 1.29 is 9.53 Å². The summed E-state index contributed by atoms with van der Waals surface area (Å²) in [5.41, 5.74) is 7.87. The van der Waals surface area contributed by atoms with Crippen molar-refractivity contribution in [3.8, 4) is 0 Å². The number of benzene rings is 1. The summed E-state index contributed by atoms with van der Waals surface area (Å²) in [5, 5.41) is 4.00. The van der Waals surface area contributed by atoms with Gasteiger partial charge in [0.2, 0.25) is 0 Å². The van der Waals surface area contributed by atoms with E-state index in [-0.39, 0.29) is 11.0 Å². The summed E-state index contributed by atoms with van der Waals surface area (Å²) in [7, 11) is 0. The lowest BCUT2D eigenvalue weighted by atomic mass is 10.1. The molecule has 0 aliphatic heterocycles. The molecular weight excluding hydrogens is 286 g/mol. The van der Waals surface area contributed by atoms with Crippen molar-refractivity contribution in [1.82, 2.24) is 4.98 Å². The van der Waals surface area contributed by atoms with Crippen molar-refractivity contribution in [1.29, 1.82) is 0 Å². The van der Waals surface area contributed by atoms with Crippen LogP contribution >= 0.6 is 12.2 Å². The molecule has 5 nitrogen and oxygen atoms in total. The number of para-hydroxylation sites is 1. The number of thiocarbonyl (C=S) groups is 1. The summed E-state index contributed by atoms with van der Waals surface area (Å²) in [4.78, 5) is 16.4. The van der Waals surface area contributed by atoms with Gasteiger partial charge in [0.25, 0.3) is 0 Å².